The molecule has 1 aromatic carbocycles. The van der Waals surface area contributed by atoms with Crippen molar-refractivity contribution in [2.75, 3.05) is 19.0 Å². The number of terminal acetylenes is 1. The Kier molecular flexibility index (Phi) is 2.77. The van der Waals surface area contributed by atoms with Gasteiger partial charge in [0.15, 0.2) is 0 Å². The largest absolute Gasteiger partial charge is 0.495 e. The van der Waals surface area contributed by atoms with Crippen LogP contribution in [0, 0.1) is 12.3 Å². The van der Waals surface area contributed by atoms with Crippen LogP contribution in [0.1, 0.15) is 16.8 Å². The van der Waals surface area contributed by atoms with Crippen LogP contribution in [0.5, 0.6) is 5.75 Å². The van der Waals surface area contributed by atoms with E-state index in [2.05, 4.69) is 22.3 Å². The average Bonchev–Trinajstić information content (AvgIpc) is 3.06. The summed E-state index contributed by atoms with van der Waals surface area (Å²) in [4.78, 5) is 3.17. The quantitative estimate of drug-likeness (QED) is 0.804. The van der Waals surface area contributed by atoms with Crippen LogP contribution in [0.25, 0.3) is 11.6 Å². The summed E-state index contributed by atoms with van der Waals surface area (Å²) >= 11 is 0. The lowest BCUT2D eigenvalue weighted by molar-refractivity contribution is 0.414. The molecular formula is C16H14N2O. The van der Waals surface area contributed by atoms with Crippen molar-refractivity contribution in [3.05, 3.63) is 47.3 Å². The summed E-state index contributed by atoms with van der Waals surface area (Å²) in [6.07, 6.45) is 9.42. The van der Waals surface area contributed by atoms with Crippen LogP contribution in [-0.2, 0) is 0 Å². The van der Waals surface area contributed by atoms with Crippen molar-refractivity contribution in [2.24, 2.45) is 0 Å². The number of benzene rings is 1. The minimum absolute atomic E-state index is 0.797. The molecule has 0 spiro atoms. The zero-order valence-corrected chi connectivity index (χ0v) is 10.7. The Hall–Kier alpha value is -2.60. The SMILES string of the molecule is C#Cc1ccc2c(c1)/C(=C/c1[nH]ccc1OC)CN2. The zero-order chi connectivity index (χ0) is 13.2. The molecule has 3 heteroatoms. The fraction of sp³-hybridized carbons (Fsp3) is 0.125. The predicted octanol–water partition coefficient (Wildman–Crippen LogP) is 2.97. The first-order chi connectivity index (χ1) is 9.31. The fourth-order valence-corrected chi connectivity index (χ4v) is 2.30. The second kappa shape index (κ2) is 4.58. The molecule has 0 radical (unpaired) electrons. The number of aromatic amines is 1. The topological polar surface area (TPSA) is 37.0 Å². The average molecular weight is 250 g/mol. The van der Waals surface area contributed by atoms with E-state index in [1.165, 1.54) is 5.57 Å². The van der Waals surface area contributed by atoms with E-state index in [0.717, 1.165) is 34.8 Å². The molecule has 0 amide bonds. The van der Waals surface area contributed by atoms with Gasteiger partial charge in [0.05, 0.1) is 12.8 Å². The third kappa shape index (κ3) is 1.98. The van der Waals surface area contributed by atoms with Gasteiger partial charge < -0.3 is 15.0 Å². The van der Waals surface area contributed by atoms with Gasteiger partial charge in [-0.2, -0.15) is 0 Å². The highest BCUT2D eigenvalue weighted by Gasteiger charge is 2.16. The zero-order valence-electron chi connectivity index (χ0n) is 10.7. The number of fused-ring (bicyclic) bond motifs is 1. The predicted molar refractivity (Wildman–Crippen MR) is 78.1 cm³/mol. The summed E-state index contributed by atoms with van der Waals surface area (Å²) in [6.45, 7) is 0.797. The van der Waals surface area contributed by atoms with Crippen molar-refractivity contribution < 1.29 is 4.74 Å². The van der Waals surface area contributed by atoms with E-state index in [-0.39, 0.29) is 0 Å². The molecule has 0 saturated carbocycles. The van der Waals surface area contributed by atoms with Gasteiger partial charge in [0, 0.05) is 29.6 Å². The van der Waals surface area contributed by atoms with E-state index in [0.29, 0.717) is 0 Å². The molecule has 3 rings (SSSR count). The van der Waals surface area contributed by atoms with Crippen molar-refractivity contribution in [1.82, 2.24) is 4.98 Å². The van der Waals surface area contributed by atoms with Crippen LogP contribution in [-0.4, -0.2) is 18.6 Å². The van der Waals surface area contributed by atoms with E-state index in [1.807, 2.05) is 30.5 Å². The molecule has 1 aliphatic heterocycles. The van der Waals surface area contributed by atoms with Gasteiger partial charge in [-0.15, -0.1) is 6.42 Å². The molecule has 2 aromatic rings. The van der Waals surface area contributed by atoms with Gasteiger partial charge in [0.2, 0.25) is 0 Å². The van der Waals surface area contributed by atoms with Gasteiger partial charge in [-0.25, -0.2) is 0 Å². The van der Waals surface area contributed by atoms with Gasteiger partial charge in [0.25, 0.3) is 0 Å². The molecule has 2 heterocycles. The molecule has 94 valence electrons. The van der Waals surface area contributed by atoms with Gasteiger partial charge in [-0.05, 0) is 35.9 Å². The lowest BCUT2D eigenvalue weighted by Crippen LogP contribution is -1.91. The second-order valence-electron chi connectivity index (χ2n) is 4.39. The highest BCUT2D eigenvalue weighted by molar-refractivity contribution is 5.93. The Morgan fingerprint density at radius 3 is 3.05 bits per heavy atom. The standard InChI is InChI=1S/C16H14N2O/c1-3-11-4-5-14-13(8-11)12(10-18-14)9-15-16(19-2)6-7-17-15/h1,4-9,17-18H,10H2,2H3/b12-9+. The third-order valence-electron chi connectivity index (χ3n) is 3.28. The Labute approximate surface area is 112 Å². The molecule has 0 unspecified atom stereocenters. The summed E-state index contributed by atoms with van der Waals surface area (Å²) in [5, 5.41) is 3.36. The van der Waals surface area contributed by atoms with Crippen molar-refractivity contribution in [1.29, 1.82) is 0 Å². The number of ether oxygens (including phenoxy) is 1. The molecule has 0 bridgehead atoms. The smallest absolute Gasteiger partial charge is 0.143 e. The number of hydrogen-bond donors (Lipinski definition) is 2. The Balaban J connectivity index is 2.04. The molecule has 19 heavy (non-hydrogen) atoms. The summed E-state index contributed by atoms with van der Waals surface area (Å²) in [5.74, 6) is 3.51. The first-order valence-corrected chi connectivity index (χ1v) is 6.08. The molecule has 0 fully saturated rings. The number of H-pyrrole nitrogens is 1. The van der Waals surface area contributed by atoms with Crippen LogP contribution in [0.4, 0.5) is 5.69 Å². The molecule has 0 atom stereocenters. The molecule has 1 aliphatic rings. The number of rotatable bonds is 2. The van der Waals surface area contributed by atoms with Crippen molar-refractivity contribution in [3.8, 4) is 18.1 Å². The van der Waals surface area contributed by atoms with Crippen LogP contribution < -0.4 is 10.1 Å². The van der Waals surface area contributed by atoms with E-state index >= 15 is 0 Å². The van der Waals surface area contributed by atoms with Crippen molar-refractivity contribution >= 4 is 17.3 Å². The third-order valence-corrected chi connectivity index (χ3v) is 3.28. The maximum Gasteiger partial charge on any atom is 0.143 e. The lowest BCUT2D eigenvalue weighted by atomic mass is 10.0. The van der Waals surface area contributed by atoms with Crippen LogP contribution in [0.15, 0.2) is 30.5 Å². The summed E-state index contributed by atoms with van der Waals surface area (Å²) in [5.41, 5.74) is 5.35. The molecule has 2 N–H and O–H groups in total. The Bertz CT molecular complexity index is 689. The minimum atomic E-state index is 0.797. The van der Waals surface area contributed by atoms with Crippen LogP contribution in [0.2, 0.25) is 0 Å². The molecule has 1 aromatic heterocycles. The number of nitrogens with one attached hydrogen (secondary N) is 2. The lowest BCUT2D eigenvalue weighted by Gasteiger charge is -2.02. The van der Waals surface area contributed by atoms with E-state index in [4.69, 9.17) is 11.2 Å². The highest BCUT2D eigenvalue weighted by atomic mass is 16.5. The Morgan fingerprint density at radius 2 is 2.26 bits per heavy atom. The van der Waals surface area contributed by atoms with Crippen LogP contribution >= 0.6 is 0 Å². The molecule has 0 aliphatic carbocycles. The molecule has 0 saturated heterocycles. The fourth-order valence-electron chi connectivity index (χ4n) is 2.30. The number of aromatic nitrogens is 1. The van der Waals surface area contributed by atoms with Gasteiger partial charge in [0.1, 0.15) is 5.75 Å². The monoisotopic (exact) mass is 250 g/mol. The first-order valence-electron chi connectivity index (χ1n) is 6.08. The van der Waals surface area contributed by atoms with Gasteiger partial charge >= 0.3 is 0 Å². The summed E-state index contributed by atoms with van der Waals surface area (Å²) in [7, 11) is 1.67. The van der Waals surface area contributed by atoms with Crippen molar-refractivity contribution in [3.63, 3.8) is 0 Å². The normalized spacial score (nSPS) is 14.8. The number of hydrogen-bond acceptors (Lipinski definition) is 2. The van der Waals surface area contributed by atoms with E-state index in [9.17, 15) is 0 Å². The summed E-state index contributed by atoms with van der Waals surface area (Å²) < 4.78 is 5.30. The van der Waals surface area contributed by atoms with Crippen molar-refractivity contribution in [2.45, 2.75) is 0 Å². The van der Waals surface area contributed by atoms with E-state index < -0.39 is 0 Å². The molecule has 3 nitrogen and oxygen atoms in total. The van der Waals surface area contributed by atoms with Gasteiger partial charge in [-0.1, -0.05) is 5.92 Å². The van der Waals surface area contributed by atoms with Gasteiger partial charge in [-0.3, -0.25) is 0 Å². The maximum absolute atomic E-state index is 5.45. The molecular weight excluding hydrogens is 236 g/mol. The highest BCUT2D eigenvalue weighted by Crippen LogP contribution is 2.33. The maximum atomic E-state index is 5.45. The number of anilines is 1. The summed E-state index contributed by atoms with van der Waals surface area (Å²) in [6, 6.07) is 7.92. The number of methoxy groups -OCH3 is 1. The Morgan fingerprint density at radius 1 is 1.37 bits per heavy atom. The van der Waals surface area contributed by atoms with E-state index in [1.54, 1.807) is 7.11 Å². The van der Waals surface area contributed by atoms with Crippen LogP contribution in [0.3, 0.4) is 0 Å². The first kappa shape index (κ1) is 11.5. The minimum Gasteiger partial charge on any atom is -0.495 e. The second-order valence-corrected chi connectivity index (χ2v) is 4.39.